The second-order valence-electron chi connectivity index (χ2n) is 5.87. The molecule has 0 bridgehead atoms. The van der Waals surface area contributed by atoms with Crippen LogP contribution in [0.5, 0.6) is 0 Å². The summed E-state index contributed by atoms with van der Waals surface area (Å²) in [6.45, 7) is 4.97. The topological polar surface area (TPSA) is 28.9 Å². The van der Waals surface area contributed by atoms with Gasteiger partial charge >= 0.3 is 0 Å². The van der Waals surface area contributed by atoms with Crippen LogP contribution in [0.3, 0.4) is 0 Å². The zero-order valence-electron chi connectivity index (χ0n) is 13.5. The van der Waals surface area contributed by atoms with Gasteiger partial charge in [0.15, 0.2) is 12.4 Å². The molecule has 23 heavy (non-hydrogen) atoms. The third kappa shape index (κ3) is 2.28. The highest BCUT2D eigenvalue weighted by molar-refractivity contribution is 6.16. The van der Waals surface area contributed by atoms with E-state index in [1.54, 1.807) is 7.11 Å². The monoisotopic (exact) mass is 326 g/mol. The van der Waals surface area contributed by atoms with Crippen molar-refractivity contribution in [3.05, 3.63) is 53.9 Å². The first-order valence-corrected chi connectivity index (χ1v) is 7.52. The molecular formula is C19H19ClN2O. The minimum Gasteiger partial charge on any atom is -1.00 e. The van der Waals surface area contributed by atoms with Crippen LogP contribution in [0.25, 0.3) is 32.6 Å². The summed E-state index contributed by atoms with van der Waals surface area (Å²) in [5.74, 6) is 0. The molecule has 3 nitrogen and oxygen atoms in total. The fourth-order valence-corrected chi connectivity index (χ4v) is 3.48. The highest BCUT2D eigenvalue weighted by Gasteiger charge is 2.15. The second-order valence-corrected chi connectivity index (χ2v) is 5.87. The number of halogens is 1. The summed E-state index contributed by atoms with van der Waals surface area (Å²) in [5.41, 5.74) is 5.06. The first-order valence-electron chi connectivity index (χ1n) is 7.52. The van der Waals surface area contributed by atoms with Gasteiger partial charge in [-0.1, -0.05) is 18.2 Å². The molecule has 0 fully saturated rings. The summed E-state index contributed by atoms with van der Waals surface area (Å²) in [4.78, 5) is 3.59. The van der Waals surface area contributed by atoms with Crippen molar-refractivity contribution in [2.75, 3.05) is 7.11 Å². The van der Waals surface area contributed by atoms with E-state index in [1.807, 2.05) is 0 Å². The zero-order chi connectivity index (χ0) is 15.3. The van der Waals surface area contributed by atoms with Gasteiger partial charge in [-0.3, -0.25) is 0 Å². The summed E-state index contributed by atoms with van der Waals surface area (Å²) < 4.78 is 7.33. The van der Waals surface area contributed by atoms with Crippen molar-refractivity contribution in [2.45, 2.75) is 20.6 Å². The Hall–Kier alpha value is -2.10. The maximum Gasteiger partial charge on any atom is 0.252 e. The molecule has 2 heterocycles. The van der Waals surface area contributed by atoms with Gasteiger partial charge in [0.1, 0.15) is 0 Å². The van der Waals surface area contributed by atoms with E-state index in [4.69, 9.17) is 4.74 Å². The van der Waals surface area contributed by atoms with Crippen molar-refractivity contribution >= 4 is 32.6 Å². The molecule has 2 aromatic carbocycles. The highest BCUT2D eigenvalue weighted by Crippen LogP contribution is 2.35. The van der Waals surface area contributed by atoms with E-state index in [2.05, 4.69) is 66.1 Å². The Bertz CT molecular complexity index is 1020. The van der Waals surface area contributed by atoms with E-state index < -0.39 is 0 Å². The van der Waals surface area contributed by atoms with E-state index in [9.17, 15) is 0 Å². The lowest BCUT2D eigenvalue weighted by Gasteiger charge is -2.08. The molecule has 4 aromatic rings. The number of aryl methyl sites for hydroxylation is 2. The molecule has 118 valence electrons. The lowest BCUT2D eigenvalue weighted by molar-refractivity contribution is -0.730. The smallest absolute Gasteiger partial charge is 0.252 e. The van der Waals surface area contributed by atoms with Gasteiger partial charge in [-0.05, 0) is 36.4 Å². The van der Waals surface area contributed by atoms with Crippen molar-refractivity contribution < 1.29 is 21.7 Å². The van der Waals surface area contributed by atoms with Gasteiger partial charge in [0, 0.05) is 34.9 Å². The van der Waals surface area contributed by atoms with Gasteiger partial charge in [0.05, 0.1) is 5.52 Å². The van der Waals surface area contributed by atoms with Crippen LogP contribution in [0.4, 0.5) is 0 Å². The highest BCUT2D eigenvalue weighted by atomic mass is 35.5. The van der Waals surface area contributed by atoms with Crippen LogP contribution in [-0.2, 0) is 11.5 Å². The van der Waals surface area contributed by atoms with Gasteiger partial charge in [-0.2, -0.15) is 4.57 Å². The number of nitrogens with one attached hydrogen (secondary N) is 1. The second kappa shape index (κ2) is 5.84. The Morgan fingerprint density at radius 1 is 1.00 bits per heavy atom. The Labute approximate surface area is 141 Å². The van der Waals surface area contributed by atoms with Crippen molar-refractivity contribution in [1.29, 1.82) is 0 Å². The van der Waals surface area contributed by atoms with E-state index in [-0.39, 0.29) is 12.4 Å². The number of para-hydroxylation sites is 1. The quantitative estimate of drug-likeness (QED) is 0.547. The van der Waals surface area contributed by atoms with Gasteiger partial charge in [0.2, 0.25) is 0 Å². The molecular weight excluding hydrogens is 308 g/mol. The molecule has 0 atom stereocenters. The summed E-state index contributed by atoms with van der Waals surface area (Å²) in [6, 6.07) is 10.7. The fourth-order valence-electron chi connectivity index (χ4n) is 3.48. The van der Waals surface area contributed by atoms with Crippen LogP contribution in [0.15, 0.2) is 42.7 Å². The first-order chi connectivity index (χ1) is 10.7. The summed E-state index contributed by atoms with van der Waals surface area (Å²) >= 11 is 0. The summed E-state index contributed by atoms with van der Waals surface area (Å²) in [6.07, 6.45) is 4.26. The number of fused-ring (bicyclic) bond motifs is 4. The van der Waals surface area contributed by atoms with Gasteiger partial charge in [0.25, 0.3) is 6.73 Å². The van der Waals surface area contributed by atoms with Gasteiger partial charge in [-0.15, -0.1) is 0 Å². The Balaban J connectivity index is 0.00000156. The lowest BCUT2D eigenvalue weighted by Crippen LogP contribution is -3.00. The molecule has 0 radical (unpaired) electrons. The summed E-state index contributed by atoms with van der Waals surface area (Å²) in [5, 5.41) is 5.20. The third-order valence-corrected chi connectivity index (χ3v) is 4.56. The average Bonchev–Trinajstić information content (AvgIpc) is 2.93. The molecule has 0 aliphatic carbocycles. The van der Waals surface area contributed by atoms with Crippen LogP contribution in [-0.4, -0.2) is 12.1 Å². The normalized spacial score (nSPS) is 11.3. The van der Waals surface area contributed by atoms with E-state index >= 15 is 0 Å². The molecule has 1 N–H and O–H groups in total. The number of aromatic nitrogens is 2. The third-order valence-electron chi connectivity index (χ3n) is 4.56. The van der Waals surface area contributed by atoms with Crippen molar-refractivity contribution in [1.82, 2.24) is 4.98 Å². The minimum atomic E-state index is 0. The minimum absolute atomic E-state index is 0. The number of hydrogen-bond donors (Lipinski definition) is 1. The average molecular weight is 327 g/mol. The summed E-state index contributed by atoms with van der Waals surface area (Å²) in [7, 11) is 1.72. The number of H-pyrrole nitrogens is 1. The van der Waals surface area contributed by atoms with Crippen LogP contribution in [0.1, 0.15) is 11.1 Å². The molecule has 0 aliphatic heterocycles. The van der Waals surface area contributed by atoms with Gasteiger partial charge < -0.3 is 22.1 Å². The molecule has 0 spiro atoms. The van der Waals surface area contributed by atoms with Crippen molar-refractivity contribution in [3.8, 4) is 0 Å². The van der Waals surface area contributed by atoms with Crippen LogP contribution >= 0.6 is 0 Å². The predicted octanol–water partition coefficient (Wildman–Crippen LogP) is 0.987. The number of aromatic amines is 1. The first kappa shape index (κ1) is 15.8. The predicted molar refractivity (Wildman–Crippen MR) is 90.0 cm³/mol. The number of nitrogens with zero attached hydrogens (tertiary/aromatic N) is 1. The van der Waals surface area contributed by atoms with Crippen molar-refractivity contribution in [3.63, 3.8) is 0 Å². The largest absolute Gasteiger partial charge is 1.00 e. The Morgan fingerprint density at radius 3 is 2.57 bits per heavy atom. The number of hydrogen-bond acceptors (Lipinski definition) is 1. The molecule has 4 heteroatoms. The Morgan fingerprint density at radius 2 is 1.78 bits per heavy atom. The molecule has 2 aromatic heterocycles. The molecule has 0 amide bonds. The molecule has 0 saturated carbocycles. The number of rotatable bonds is 2. The van der Waals surface area contributed by atoms with Crippen LogP contribution in [0, 0.1) is 13.8 Å². The SMILES string of the molecule is COC[n+]1ccc2c(C)c3[nH]c4ccccc4c3c(C)c2c1.[Cl-]. The Kier molecular flexibility index (Phi) is 4.00. The van der Waals surface area contributed by atoms with E-state index in [0.717, 1.165) is 0 Å². The molecule has 4 rings (SSSR count). The lowest BCUT2D eigenvalue weighted by atomic mass is 9.97. The number of benzene rings is 2. The van der Waals surface area contributed by atoms with E-state index in [0.29, 0.717) is 6.73 Å². The molecule has 0 aliphatic rings. The molecule has 0 saturated heterocycles. The number of ether oxygens (including phenoxy) is 1. The van der Waals surface area contributed by atoms with Gasteiger partial charge in [-0.25, -0.2) is 0 Å². The van der Waals surface area contributed by atoms with E-state index in [1.165, 1.54) is 43.7 Å². The van der Waals surface area contributed by atoms with Crippen molar-refractivity contribution in [2.24, 2.45) is 0 Å². The number of methoxy groups -OCH3 is 1. The standard InChI is InChI=1S/C19H18N2O.ClH/c1-12-16-10-21(11-22-3)9-8-14(16)13(2)19-18(12)15-6-4-5-7-17(15)20-19;/h4-10H,11H2,1-3H3;1H. The fraction of sp³-hybridized carbons (Fsp3) is 0.211. The number of pyridine rings is 1. The van der Waals surface area contributed by atoms with Crippen LogP contribution in [0.2, 0.25) is 0 Å². The maximum absolute atomic E-state index is 5.25. The maximum atomic E-state index is 5.25. The van der Waals surface area contributed by atoms with Crippen LogP contribution < -0.4 is 17.0 Å². The zero-order valence-corrected chi connectivity index (χ0v) is 14.2. The molecule has 0 unspecified atom stereocenters.